The van der Waals surface area contributed by atoms with E-state index in [9.17, 15) is 13.2 Å². The lowest BCUT2D eigenvalue weighted by Crippen LogP contribution is -2.39. The molecule has 0 radical (unpaired) electrons. The normalized spacial score (nSPS) is 13.7. The predicted molar refractivity (Wildman–Crippen MR) is 119 cm³/mol. The van der Waals surface area contributed by atoms with Gasteiger partial charge in [0.25, 0.3) is 0 Å². The van der Waals surface area contributed by atoms with E-state index in [1.807, 2.05) is 39.0 Å². The number of sulfonamides is 1. The molecule has 0 saturated heterocycles. The Morgan fingerprint density at radius 3 is 2.33 bits per heavy atom. The van der Waals surface area contributed by atoms with E-state index in [-0.39, 0.29) is 16.8 Å². The number of benzene rings is 2. The number of carbonyl (C=O) groups excluding carboxylic acids is 1. The minimum absolute atomic E-state index is 0.123. The molecule has 2 unspecified atom stereocenters. The van der Waals surface area contributed by atoms with Gasteiger partial charge in [-0.15, -0.1) is 0 Å². The second kappa shape index (κ2) is 9.59. The van der Waals surface area contributed by atoms with Gasteiger partial charge in [-0.05, 0) is 51.5 Å². The molecule has 0 aliphatic heterocycles. The minimum Gasteiger partial charge on any atom is -0.496 e. The number of aryl methyl sites for hydroxylation is 2. The largest absolute Gasteiger partial charge is 0.496 e. The summed E-state index contributed by atoms with van der Waals surface area (Å²) in [6.07, 6.45) is 0. The fourth-order valence-electron chi connectivity index (χ4n) is 3.08. The molecule has 2 aromatic rings. The Hall–Kier alpha value is -2.42. The van der Waals surface area contributed by atoms with Crippen molar-refractivity contribution in [3.8, 4) is 5.75 Å². The van der Waals surface area contributed by atoms with Crippen molar-refractivity contribution in [1.29, 1.82) is 0 Å². The van der Waals surface area contributed by atoms with E-state index >= 15 is 0 Å². The van der Waals surface area contributed by atoms with E-state index in [0.29, 0.717) is 5.69 Å². The highest BCUT2D eigenvalue weighted by atomic mass is 32.2. The van der Waals surface area contributed by atoms with Crippen molar-refractivity contribution in [2.75, 3.05) is 26.5 Å². The first-order chi connectivity index (χ1) is 14.0. The van der Waals surface area contributed by atoms with Crippen LogP contribution in [0.4, 0.5) is 5.69 Å². The average molecular weight is 434 g/mol. The van der Waals surface area contributed by atoms with Crippen molar-refractivity contribution in [3.05, 3.63) is 53.1 Å². The number of ether oxygens (including phenoxy) is 1. The summed E-state index contributed by atoms with van der Waals surface area (Å²) in [5, 5.41) is 6.12. The molecule has 0 aromatic heterocycles. The lowest BCUT2D eigenvalue weighted by Gasteiger charge is -2.22. The number of amides is 1. The van der Waals surface area contributed by atoms with Gasteiger partial charge < -0.3 is 10.1 Å². The van der Waals surface area contributed by atoms with Crippen molar-refractivity contribution >= 4 is 21.6 Å². The summed E-state index contributed by atoms with van der Waals surface area (Å²) < 4.78 is 31.4. The molecule has 0 saturated carbocycles. The Morgan fingerprint density at radius 1 is 1.07 bits per heavy atom. The lowest BCUT2D eigenvalue weighted by molar-refractivity contribution is -0.117. The van der Waals surface area contributed by atoms with E-state index in [4.69, 9.17) is 4.74 Å². The Balaban J connectivity index is 2.17. The van der Waals surface area contributed by atoms with Crippen LogP contribution in [-0.2, 0) is 14.8 Å². The molecule has 0 bridgehead atoms. The third kappa shape index (κ3) is 5.38. The highest BCUT2D eigenvalue weighted by molar-refractivity contribution is 7.89. The Morgan fingerprint density at radius 2 is 1.73 bits per heavy atom. The molecule has 2 atom stereocenters. The molecule has 1 amide bonds. The lowest BCUT2D eigenvalue weighted by atomic mass is 10.0. The molecule has 0 spiro atoms. The number of hydrogen-bond donors (Lipinski definition) is 2. The Labute approximate surface area is 179 Å². The summed E-state index contributed by atoms with van der Waals surface area (Å²) in [5.41, 5.74) is 3.32. The van der Waals surface area contributed by atoms with Gasteiger partial charge in [-0.2, -0.15) is 0 Å². The van der Waals surface area contributed by atoms with Crippen LogP contribution in [0.1, 0.15) is 36.6 Å². The first kappa shape index (κ1) is 23.9. The molecule has 2 N–H and O–H groups in total. The van der Waals surface area contributed by atoms with Crippen molar-refractivity contribution in [2.24, 2.45) is 0 Å². The minimum atomic E-state index is -3.59. The Kier molecular flexibility index (Phi) is 7.63. The van der Waals surface area contributed by atoms with Gasteiger partial charge in [-0.25, -0.2) is 12.7 Å². The second-order valence-corrected chi connectivity index (χ2v) is 9.76. The number of nitrogens with zero attached hydrogens (tertiary/aromatic N) is 1. The quantitative estimate of drug-likeness (QED) is 0.667. The smallest absolute Gasteiger partial charge is 0.242 e. The number of anilines is 1. The summed E-state index contributed by atoms with van der Waals surface area (Å²) in [5.74, 6) is 0.501. The highest BCUT2D eigenvalue weighted by Gasteiger charge is 2.21. The second-order valence-electron chi connectivity index (χ2n) is 7.61. The van der Waals surface area contributed by atoms with Gasteiger partial charge in [0.1, 0.15) is 5.75 Å². The first-order valence-corrected chi connectivity index (χ1v) is 11.2. The maximum atomic E-state index is 12.8. The third-order valence-corrected chi connectivity index (χ3v) is 6.80. The molecule has 0 aliphatic carbocycles. The molecular weight excluding hydrogens is 402 g/mol. The van der Waals surface area contributed by atoms with E-state index in [1.165, 1.54) is 26.2 Å². The van der Waals surface area contributed by atoms with Gasteiger partial charge in [0.05, 0.1) is 18.0 Å². The maximum Gasteiger partial charge on any atom is 0.242 e. The summed E-state index contributed by atoms with van der Waals surface area (Å²) in [7, 11) is 0.978. The summed E-state index contributed by atoms with van der Waals surface area (Å²) in [6, 6.07) is 9.98. The van der Waals surface area contributed by atoms with Gasteiger partial charge in [0, 0.05) is 31.4 Å². The number of carbonyl (C=O) groups is 1. The summed E-state index contributed by atoms with van der Waals surface area (Å²) in [6.45, 7) is 7.56. The van der Waals surface area contributed by atoms with Gasteiger partial charge in [0.15, 0.2) is 0 Å². The molecule has 0 heterocycles. The van der Waals surface area contributed by atoms with Gasteiger partial charge in [-0.3, -0.25) is 10.1 Å². The van der Waals surface area contributed by atoms with Crippen LogP contribution in [0, 0.1) is 13.8 Å². The maximum absolute atomic E-state index is 12.8. The van der Waals surface area contributed by atoms with Gasteiger partial charge in [0.2, 0.25) is 15.9 Å². The SMILES string of the molecule is COc1ccc(C)cc1C(C)NC(C)C(=O)Nc1cc(S(=O)(=O)N(C)C)ccc1C. The highest BCUT2D eigenvalue weighted by Crippen LogP contribution is 2.27. The number of nitrogens with one attached hydrogen (secondary N) is 2. The van der Waals surface area contributed by atoms with Crippen LogP contribution in [0.3, 0.4) is 0 Å². The van der Waals surface area contributed by atoms with Crippen LogP contribution in [0.2, 0.25) is 0 Å². The van der Waals surface area contributed by atoms with Crippen molar-refractivity contribution in [3.63, 3.8) is 0 Å². The zero-order valence-electron chi connectivity index (χ0n) is 18.6. The molecule has 8 heteroatoms. The van der Waals surface area contributed by atoms with E-state index in [0.717, 1.165) is 26.7 Å². The molecule has 2 rings (SSSR count). The van der Waals surface area contributed by atoms with Gasteiger partial charge in [-0.1, -0.05) is 23.8 Å². The van der Waals surface area contributed by atoms with Crippen molar-refractivity contribution in [1.82, 2.24) is 9.62 Å². The molecule has 7 nitrogen and oxygen atoms in total. The van der Waals surface area contributed by atoms with E-state index in [2.05, 4.69) is 10.6 Å². The van der Waals surface area contributed by atoms with Crippen LogP contribution in [0.15, 0.2) is 41.3 Å². The van der Waals surface area contributed by atoms with Crippen LogP contribution >= 0.6 is 0 Å². The molecule has 0 aliphatic rings. The number of methoxy groups -OCH3 is 1. The van der Waals surface area contributed by atoms with Gasteiger partial charge >= 0.3 is 0 Å². The van der Waals surface area contributed by atoms with Crippen LogP contribution in [-0.4, -0.2) is 45.9 Å². The van der Waals surface area contributed by atoms with Crippen LogP contribution in [0.25, 0.3) is 0 Å². The fraction of sp³-hybridized carbons (Fsp3) is 0.409. The number of rotatable bonds is 8. The monoisotopic (exact) mass is 433 g/mol. The topological polar surface area (TPSA) is 87.7 Å². The zero-order valence-corrected chi connectivity index (χ0v) is 19.4. The predicted octanol–water partition coefficient (Wildman–Crippen LogP) is 3.24. The zero-order chi connectivity index (χ0) is 22.6. The molecule has 2 aromatic carbocycles. The van der Waals surface area contributed by atoms with E-state index in [1.54, 1.807) is 20.1 Å². The van der Waals surface area contributed by atoms with Crippen molar-refractivity contribution < 1.29 is 17.9 Å². The standard InChI is InChI=1S/C22H31N3O4S/c1-14-8-11-21(29-7)19(12-14)16(3)23-17(4)22(26)24-20-13-18(10-9-15(20)2)30(27,28)25(5)6/h8-13,16-17,23H,1-7H3,(H,24,26). The molecule has 0 fully saturated rings. The molecule has 164 valence electrons. The first-order valence-electron chi connectivity index (χ1n) is 9.72. The Bertz CT molecular complexity index is 1020. The van der Waals surface area contributed by atoms with Crippen LogP contribution < -0.4 is 15.4 Å². The summed E-state index contributed by atoms with van der Waals surface area (Å²) in [4.78, 5) is 12.9. The molecule has 30 heavy (non-hydrogen) atoms. The van der Waals surface area contributed by atoms with Crippen LogP contribution in [0.5, 0.6) is 5.75 Å². The third-order valence-electron chi connectivity index (χ3n) is 4.99. The van der Waals surface area contributed by atoms with E-state index < -0.39 is 16.1 Å². The average Bonchev–Trinajstić information content (AvgIpc) is 2.69. The van der Waals surface area contributed by atoms with Crippen molar-refractivity contribution in [2.45, 2.75) is 44.7 Å². The number of hydrogen-bond acceptors (Lipinski definition) is 5. The summed E-state index contributed by atoms with van der Waals surface area (Å²) >= 11 is 0. The molecular formula is C22H31N3O4S. The fourth-order valence-corrected chi connectivity index (χ4v) is 4.01.